The van der Waals surface area contributed by atoms with E-state index >= 15 is 0 Å². The minimum Gasteiger partial charge on any atom is -0.484 e. The Kier molecular flexibility index (Phi) is 6.27. The van der Waals surface area contributed by atoms with Crippen molar-refractivity contribution in [3.8, 4) is 5.75 Å². The quantitative estimate of drug-likeness (QED) is 0.640. The van der Waals surface area contributed by atoms with Crippen LogP contribution in [-0.4, -0.2) is 24.0 Å². The number of nitrogens with one attached hydrogen (secondary N) is 1. The molecule has 3 aromatic rings. The van der Waals surface area contributed by atoms with Crippen LogP contribution in [0.5, 0.6) is 5.75 Å². The highest BCUT2D eigenvalue weighted by molar-refractivity contribution is 5.91. The van der Waals surface area contributed by atoms with E-state index in [0.29, 0.717) is 11.6 Å². The van der Waals surface area contributed by atoms with Crippen molar-refractivity contribution in [1.82, 2.24) is 4.98 Å². The monoisotopic (exact) mass is 375 g/mol. The number of benzene rings is 2. The smallest absolute Gasteiger partial charge is 0.263 e. The highest BCUT2D eigenvalue weighted by atomic mass is 16.5. The Morgan fingerprint density at radius 2 is 1.79 bits per heavy atom. The van der Waals surface area contributed by atoms with Gasteiger partial charge in [-0.05, 0) is 62.7 Å². The van der Waals surface area contributed by atoms with E-state index in [4.69, 9.17) is 4.74 Å². The molecular weight excluding hydrogens is 350 g/mol. The molecule has 3 rings (SSSR count). The number of rotatable bonds is 7. The SMILES string of the molecule is CCN(c1ccc(NC(=O)COc2ccc(C)cc2)nc1)c1cccc(C)c1. The van der Waals surface area contributed by atoms with E-state index in [1.165, 1.54) is 5.56 Å². The first-order valence-electron chi connectivity index (χ1n) is 9.34. The summed E-state index contributed by atoms with van der Waals surface area (Å²) in [6.45, 7) is 6.94. The van der Waals surface area contributed by atoms with Crippen molar-refractivity contribution in [3.63, 3.8) is 0 Å². The number of pyridine rings is 1. The lowest BCUT2D eigenvalue weighted by molar-refractivity contribution is -0.118. The Labute approximate surface area is 166 Å². The van der Waals surface area contributed by atoms with Gasteiger partial charge < -0.3 is 15.0 Å². The van der Waals surface area contributed by atoms with Gasteiger partial charge in [0.15, 0.2) is 6.61 Å². The van der Waals surface area contributed by atoms with E-state index in [-0.39, 0.29) is 12.5 Å². The first-order valence-corrected chi connectivity index (χ1v) is 9.34. The second-order valence-electron chi connectivity index (χ2n) is 6.63. The maximum atomic E-state index is 12.1. The molecule has 0 bridgehead atoms. The molecule has 5 nitrogen and oxygen atoms in total. The molecule has 1 amide bonds. The van der Waals surface area contributed by atoms with Crippen molar-refractivity contribution in [2.24, 2.45) is 0 Å². The fraction of sp³-hybridized carbons (Fsp3) is 0.217. The normalized spacial score (nSPS) is 10.4. The standard InChI is InChI=1S/C23H25N3O2/c1-4-26(19-7-5-6-18(3)14-19)20-10-13-22(24-15-20)25-23(27)16-28-21-11-8-17(2)9-12-21/h5-15H,4,16H2,1-3H3,(H,24,25,27). The van der Waals surface area contributed by atoms with Gasteiger partial charge in [0.2, 0.25) is 0 Å². The Morgan fingerprint density at radius 3 is 2.43 bits per heavy atom. The molecule has 0 saturated heterocycles. The third-order valence-corrected chi connectivity index (χ3v) is 4.35. The first kappa shape index (κ1) is 19.4. The molecule has 0 saturated carbocycles. The summed E-state index contributed by atoms with van der Waals surface area (Å²) < 4.78 is 5.50. The molecule has 0 unspecified atom stereocenters. The van der Waals surface area contributed by atoms with Crippen LogP contribution < -0.4 is 15.0 Å². The molecule has 0 aliphatic carbocycles. The number of nitrogens with zero attached hydrogens (tertiary/aromatic N) is 2. The zero-order valence-electron chi connectivity index (χ0n) is 16.5. The fourth-order valence-corrected chi connectivity index (χ4v) is 2.89. The Morgan fingerprint density at radius 1 is 1.00 bits per heavy atom. The Balaban J connectivity index is 1.60. The zero-order valence-corrected chi connectivity index (χ0v) is 16.5. The summed E-state index contributed by atoms with van der Waals surface area (Å²) in [4.78, 5) is 18.6. The molecule has 144 valence electrons. The van der Waals surface area contributed by atoms with Gasteiger partial charge in [-0.3, -0.25) is 4.79 Å². The molecule has 28 heavy (non-hydrogen) atoms. The minimum atomic E-state index is -0.244. The summed E-state index contributed by atoms with van der Waals surface area (Å²) in [6.07, 6.45) is 1.77. The molecule has 0 radical (unpaired) electrons. The number of carbonyl (C=O) groups excluding carboxylic acids is 1. The van der Waals surface area contributed by atoms with Gasteiger partial charge in [0.1, 0.15) is 11.6 Å². The van der Waals surface area contributed by atoms with Gasteiger partial charge in [-0.15, -0.1) is 0 Å². The predicted molar refractivity (Wildman–Crippen MR) is 113 cm³/mol. The van der Waals surface area contributed by atoms with Gasteiger partial charge in [0.05, 0.1) is 11.9 Å². The average molecular weight is 375 g/mol. The number of amides is 1. The first-order chi connectivity index (χ1) is 13.5. The van der Waals surface area contributed by atoms with Crippen LogP contribution in [-0.2, 0) is 4.79 Å². The van der Waals surface area contributed by atoms with E-state index < -0.39 is 0 Å². The van der Waals surface area contributed by atoms with Gasteiger partial charge in [-0.25, -0.2) is 4.98 Å². The van der Waals surface area contributed by atoms with E-state index in [2.05, 4.69) is 47.2 Å². The average Bonchev–Trinajstić information content (AvgIpc) is 2.69. The largest absolute Gasteiger partial charge is 0.484 e. The Hall–Kier alpha value is -3.34. The van der Waals surface area contributed by atoms with Gasteiger partial charge in [-0.1, -0.05) is 29.8 Å². The van der Waals surface area contributed by atoms with Crippen LogP contribution in [0.4, 0.5) is 17.2 Å². The van der Waals surface area contributed by atoms with Crippen LogP contribution in [0.1, 0.15) is 18.1 Å². The molecule has 5 heteroatoms. The fourth-order valence-electron chi connectivity index (χ4n) is 2.89. The predicted octanol–water partition coefficient (Wildman–Crippen LogP) is 4.87. The number of aryl methyl sites for hydroxylation is 2. The van der Waals surface area contributed by atoms with Crippen LogP contribution in [0.2, 0.25) is 0 Å². The maximum Gasteiger partial charge on any atom is 0.263 e. The van der Waals surface area contributed by atoms with Crippen molar-refractivity contribution in [1.29, 1.82) is 0 Å². The summed E-state index contributed by atoms with van der Waals surface area (Å²) in [5.41, 5.74) is 4.45. The number of ether oxygens (including phenoxy) is 1. The van der Waals surface area contributed by atoms with Crippen LogP contribution in [0, 0.1) is 13.8 Å². The molecular formula is C23H25N3O2. The van der Waals surface area contributed by atoms with Gasteiger partial charge >= 0.3 is 0 Å². The summed E-state index contributed by atoms with van der Waals surface area (Å²) >= 11 is 0. The van der Waals surface area contributed by atoms with Crippen molar-refractivity contribution in [2.75, 3.05) is 23.4 Å². The molecule has 0 aliphatic rings. The van der Waals surface area contributed by atoms with E-state index in [1.807, 2.05) is 43.3 Å². The number of hydrogen-bond donors (Lipinski definition) is 1. The summed E-state index contributed by atoms with van der Waals surface area (Å²) in [7, 11) is 0. The van der Waals surface area contributed by atoms with Gasteiger partial charge in [0.25, 0.3) is 5.91 Å². The molecule has 0 fully saturated rings. The third-order valence-electron chi connectivity index (χ3n) is 4.35. The molecule has 0 spiro atoms. The van der Waals surface area contributed by atoms with Crippen molar-refractivity contribution in [2.45, 2.75) is 20.8 Å². The van der Waals surface area contributed by atoms with Crippen molar-refractivity contribution < 1.29 is 9.53 Å². The number of aromatic nitrogens is 1. The Bertz CT molecular complexity index is 921. The zero-order chi connectivity index (χ0) is 19.9. The van der Waals surface area contributed by atoms with E-state index in [1.54, 1.807) is 12.3 Å². The van der Waals surface area contributed by atoms with Crippen LogP contribution in [0.15, 0.2) is 66.9 Å². The minimum absolute atomic E-state index is 0.0587. The lowest BCUT2D eigenvalue weighted by atomic mass is 10.2. The van der Waals surface area contributed by atoms with Gasteiger partial charge in [0, 0.05) is 12.2 Å². The topological polar surface area (TPSA) is 54.5 Å². The summed E-state index contributed by atoms with van der Waals surface area (Å²) in [5, 5.41) is 2.76. The lowest BCUT2D eigenvalue weighted by Gasteiger charge is -2.23. The van der Waals surface area contributed by atoms with Crippen LogP contribution in [0.25, 0.3) is 0 Å². The summed E-state index contributed by atoms with van der Waals surface area (Å²) in [6, 6.07) is 19.7. The summed E-state index contributed by atoms with van der Waals surface area (Å²) in [5.74, 6) is 0.925. The second-order valence-corrected chi connectivity index (χ2v) is 6.63. The van der Waals surface area contributed by atoms with Crippen molar-refractivity contribution >= 4 is 23.1 Å². The van der Waals surface area contributed by atoms with E-state index in [0.717, 1.165) is 23.5 Å². The molecule has 1 heterocycles. The number of anilines is 3. The molecule has 1 aromatic heterocycles. The number of hydrogen-bond acceptors (Lipinski definition) is 4. The molecule has 0 atom stereocenters. The van der Waals surface area contributed by atoms with Crippen LogP contribution >= 0.6 is 0 Å². The highest BCUT2D eigenvalue weighted by Crippen LogP contribution is 2.25. The molecule has 0 aliphatic heterocycles. The van der Waals surface area contributed by atoms with Gasteiger partial charge in [-0.2, -0.15) is 0 Å². The lowest BCUT2D eigenvalue weighted by Crippen LogP contribution is -2.21. The maximum absolute atomic E-state index is 12.1. The second kappa shape index (κ2) is 9.04. The third kappa shape index (κ3) is 5.10. The van der Waals surface area contributed by atoms with Crippen molar-refractivity contribution in [3.05, 3.63) is 78.0 Å². The number of carbonyl (C=O) groups is 1. The van der Waals surface area contributed by atoms with Crippen LogP contribution in [0.3, 0.4) is 0 Å². The highest BCUT2D eigenvalue weighted by Gasteiger charge is 2.09. The molecule has 2 aromatic carbocycles. The molecule has 1 N–H and O–H groups in total. The van der Waals surface area contributed by atoms with E-state index in [9.17, 15) is 4.79 Å².